The van der Waals surface area contributed by atoms with Gasteiger partial charge < -0.3 is 10.2 Å². The molecule has 2 amide bonds. The number of likely N-dealkylation sites (tertiary alicyclic amines) is 1. The van der Waals surface area contributed by atoms with Crippen molar-refractivity contribution in [2.45, 2.75) is 32.9 Å². The minimum absolute atomic E-state index is 0.0489. The van der Waals surface area contributed by atoms with E-state index >= 15 is 0 Å². The minimum atomic E-state index is -0.273. The van der Waals surface area contributed by atoms with E-state index in [-0.39, 0.29) is 30.2 Å². The molecule has 22 heavy (non-hydrogen) atoms. The van der Waals surface area contributed by atoms with Crippen LogP contribution in [0.1, 0.15) is 25.8 Å². The van der Waals surface area contributed by atoms with Crippen LogP contribution in [0.25, 0.3) is 5.65 Å². The van der Waals surface area contributed by atoms with Crippen molar-refractivity contribution in [3.8, 4) is 0 Å². The summed E-state index contributed by atoms with van der Waals surface area (Å²) in [5.74, 6) is -0.315. The van der Waals surface area contributed by atoms with E-state index in [4.69, 9.17) is 0 Å². The van der Waals surface area contributed by atoms with E-state index in [1.54, 1.807) is 27.9 Å². The molecule has 0 unspecified atom stereocenters. The lowest BCUT2D eigenvalue weighted by atomic mass is 10.1. The number of hydrogen-bond donors (Lipinski definition) is 1. The summed E-state index contributed by atoms with van der Waals surface area (Å²) in [7, 11) is 0. The molecule has 1 N–H and O–H groups in total. The van der Waals surface area contributed by atoms with Crippen LogP contribution >= 0.6 is 0 Å². The smallest absolute Gasteiger partial charge is 0.225 e. The zero-order valence-electron chi connectivity index (χ0n) is 12.7. The van der Waals surface area contributed by atoms with E-state index in [0.29, 0.717) is 13.1 Å². The highest BCUT2D eigenvalue weighted by molar-refractivity contribution is 5.89. The first-order valence-electron chi connectivity index (χ1n) is 7.40. The predicted octanol–water partition coefficient (Wildman–Crippen LogP) is 0.602. The molecule has 1 atom stereocenters. The zero-order chi connectivity index (χ0) is 15.7. The van der Waals surface area contributed by atoms with Gasteiger partial charge in [0.1, 0.15) is 0 Å². The molecule has 0 bridgehead atoms. The van der Waals surface area contributed by atoms with Gasteiger partial charge in [-0.05, 0) is 19.9 Å². The molecule has 2 aromatic heterocycles. The highest BCUT2D eigenvalue weighted by Crippen LogP contribution is 2.20. The topological polar surface area (TPSA) is 79.6 Å². The number of carbonyl (C=O) groups excluding carboxylic acids is 2. The summed E-state index contributed by atoms with van der Waals surface area (Å²) in [6.45, 7) is 4.78. The molecule has 7 heteroatoms. The summed E-state index contributed by atoms with van der Waals surface area (Å²) in [4.78, 5) is 30.1. The van der Waals surface area contributed by atoms with Crippen molar-refractivity contribution in [2.75, 3.05) is 6.54 Å². The van der Waals surface area contributed by atoms with Crippen LogP contribution in [0.2, 0.25) is 0 Å². The van der Waals surface area contributed by atoms with Gasteiger partial charge in [0.15, 0.2) is 5.65 Å². The molecule has 0 saturated carbocycles. The van der Waals surface area contributed by atoms with Crippen LogP contribution in [0.5, 0.6) is 0 Å². The highest BCUT2D eigenvalue weighted by atomic mass is 16.2. The minimum Gasteiger partial charge on any atom is -0.352 e. The second-order valence-electron chi connectivity index (χ2n) is 5.82. The molecular formula is C15H19N5O2. The Morgan fingerprint density at radius 3 is 3.05 bits per heavy atom. The number of aromatic nitrogens is 3. The summed E-state index contributed by atoms with van der Waals surface area (Å²) in [6, 6.07) is 1.93. The van der Waals surface area contributed by atoms with Crippen LogP contribution in [0.4, 0.5) is 0 Å². The summed E-state index contributed by atoms with van der Waals surface area (Å²) < 4.78 is 1.67. The van der Waals surface area contributed by atoms with Crippen molar-refractivity contribution in [2.24, 2.45) is 5.92 Å². The molecule has 1 aliphatic heterocycles. The molecule has 0 spiro atoms. The highest BCUT2D eigenvalue weighted by Gasteiger charge is 2.35. The van der Waals surface area contributed by atoms with E-state index in [2.05, 4.69) is 15.4 Å². The zero-order valence-corrected chi connectivity index (χ0v) is 12.7. The fourth-order valence-corrected chi connectivity index (χ4v) is 2.73. The Hall–Kier alpha value is -2.44. The van der Waals surface area contributed by atoms with Gasteiger partial charge >= 0.3 is 0 Å². The van der Waals surface area contributed by atoms with E-state index in [0.717, 1.165) is 11.2 Å². The molecule has 7 nitrogen and oxygen atoms in total. The fraction of sp³-hybridized carbons (Fsp3) is 0.467. The second-order valence-corrected chi connectivity index (χ2v) is 5.82. The first kappa shape index (κ1) is 14.5. The van der Waals surface area contributed by atoms with Gasteiger partial charge in [0.25, 0.3) is 0 Å². The van der Waals surface area contributed by atoms with Crippen LogP contribution in [0, 0.1) is 5.92 Å². The van der Waals surface area contributed by atoms with Crippen molar-refractivity contribution in [1.82, 2.24) is 24.8 Å². The van der Waals surface area contributed by atoms with Crippen molar-refractivity contribution in [1.29, 1.82) is 0 Å². The van der Waals surface area contributed by atoms with Crippen molar-refractivity contribution >= 4 is 17.5 Å². The molecule has 3 rings (SSSR count). The molecule has 0 aromatic carbocycles. The van der Waals surface area contributed by atoms with Crippen LogP contribution in [0.3, 0.4) is 0 Å². The number of hydrogen-bond acceptors (Lipinski definition) is 4. The maximum absolute atomic E-state index is 12.3. The largest absolute Gasteiger partial charge is 0.352 e. The summed E-state index contributed by atoms with van der Waals surface area (Å²) in [5.41, 5.74) is 1.59. The maximum atomic E-state index is 12.3. The van der Waals surface area contributed by atoms with Crippen LogP contribution in [-0.4, -0.2) is 43.9 Å². The lowest BCUT2D eigenvalue weighted by Gasteiger charge is -2.20. The Morgan fingerprint density at radius 2 is 2.32 bits per heavy atom. The normalized spacial score (nSPS) is 18.4. The SMILES string of the molecule is CC(C)N1C[C@H](C(=O)NCc2cnn3cccnc23)CC1=O. The van der Waals surface area contributed by atoms with Crippen molar-refractivity contribution < 1.29 is 9.59 Å². The quantitative estimate of drug-likeness (QED) is 0.897. The number of rotatable bonds is 4. The Kier molecular flexibility index (Phi) is 3.79. The van der Waals surface area contributed by atoms with Gasteiger partial charge in [0, 0.05) is 43.5 Å². The first-order valence-corrected chi connectivity index (χ1v) is 7.40. The number of amides is 2. The maximum Gasteiger partial charge on any atom is 0.225 e. The van der Waals surface area contributed by atoms with Crippen LogP contribution in [-0.2, 0) is 16.1 Å². The third-order valence-corrected chi connectivity index (χ3v) is 3.96. The number of nitrogens with one attached hydrogen (secondary N) is 1. The summed E-state index contributed by atoms with van der Waals surface area (Å²) in [6.07, 6.45) is 5.49. The predicted molar refractivity (Wildman–Crippen MR) is 79.8 cm³/mol. The van der Waals surface area contributed by atoms with Gasteiger partial charge in [0.05, 0.1) is 12.1 Å². The van der Waals surface area contributed by atoms with Gasteiger partial charge in [-0.25, -0.2) is 9.50 Å². The molecule has 3 heterocycles. The van der Waals surface area contributed by atoms with Gasteiger partial charge in [-0.2, -0.15) is 5.10 Å². The Bertz CT molecular complexity index is 709. The van der Waals surface area contributed by atoms with Crippen LogP contribution < -0.4 is 5.32 Å². The summed E-state index contributed by atoms with van der Waals surface area (Å²) in [5, 5.41) is 7.07. The monoisotopic (exact) mass is 301 g/mol. The van der Waals surface area contributed by atoms with E-state index in [1.165, 1.54) is 0 Å². The lowest BCUT2D eigenvalue weighted by molar-refractivity contribution is -0.129. The van der Waals surface area contributed by atoms with Gasteiger partial charge in [0.2, 0.25) is 11.8 Å². The standard InChI is InChI=1S/C15H19N5O2/c1-10(2)19-9-11(6-13(19)21)15(22)17-7-12-8-18-20-5-3-4-16-14(12)20/h3-5,8,10-11H,6-7,9H2,1-2H3,(H,17,22)/t11-/m1/s1. The van der Waals surface area contributed by atoms with Gasteiger partial charge in [-0.1, -0.05) is 0 Å². The fourth-order valence-electron chi connectivity index (χ4n) is 2.73. The molecular weight excluding hydrogens is 282 g/mol. The average Bonchev–Trinajstić information content (AvgIpc) is 3.08. The van der Waals surface area contributed by atoms with E-state index in [1.807, 2.05) is 20.0 Å². The lowest BCUT2D eigenvalue weighted by Crippen LogP contribution is -2.35. The van der Waals surface area contributed by atoms with E-state index in [9.17, 15) is 9.59 Å². The van der Waals surface area contributed by atoms with Gasteiger partial charge in [-0.15, -0.1) is 0 Å². The van der Waals surface area contributed by atoms with Crippen molar-refractivity contribution in [3.63, 3.8) is 0 Å². The van der Waals surface area contributed by atoms with Crippen LogP contribution in [0.15, 0.2) is 24.7 Å². The Labute approximate surface area is 128 Å². The molecule has 116 valence electrons. The van der Waals surface area contributed by atoms with Crippen molar-refractivity contribution in [3.05, 3.63) is 30.2 Å². The average molecular weight is 301 g/mol. The molecule has 2 aromatic rings. The number of fused-ring (bicyclic) bond motifs is 1. The first-order chi connectivity index (χ1) is 10.6. The third kappa shape index (κ3) is 2.66. The molecule has 1 saturated heterocycles. The summed E-state index contributed by atoms with van der Waals surface area (Å²) >= 11 is 0. The van der Waals surface area contributed by atoms with E-state index < -0.39 is 0 Å². The molecule has 0 aliphatic carbocycles. The molecule has 1 aliphatic rings. The molecule has 1 fully saturated rings. The Balaban J connectivity index is 1.62. The third-order valence-electron chi connectivity index (χ3n) is 3.96. The second kappa shape index (κ2) is 5.75. The van der Waals surface area contributed by atoms with Gasteiger partial charge in [-0.3, -0.25) is 9.59 Å². The number of carbonyl (C=O) groups is 2. The molecule has 0 radical (unpaired) electrons. The Morgan fingerprint density at radius 1 is 1.50 bits per heavy atom. The number of nitrogens with zero attached hydrogens (tertiary/aromatic N) is 4.